The summed E-state index contributed by atoms with van der Waals surface area (Å²) in [5.41, 5.74) is 1.85. The lowest BCUT2D eigenvalue weighted by Gasteiger charge is -2.42. The van der Waals surface area contributed by atoms with Gasteiger partial charge < -0.3 is 10.2 Å². The summed E-state index contributed by atoms with van der Waals surface area (Å²) in [6.07, 6.45) is 7.96. The van der Waals surface area contributed by atoms with E-state index in [1.54, 1.807) is 11.3 Å². The molecule has 4 nitrogen and oxygen atoms in total. The van der Waals surface area contributed by atoms with E-state index in [1.165, 1.54) is 36.1 Å². The van der Waals surface area contributed by atoms with Crippen molar-refractivity contribution in [3.8, 4) is 6.07 Å². The fourth-order valence-electron chi connectivity index (χ4n) is 4.07. The number of nitriles is 1. The molecule has 130 valence electrons. The average Bonchev–Trinajstić information content (AvgIpc) is 2.67. The SMILES string of the molecule is CC1(C)Cc2c(sc(/N=C/N3CCCCCC3)c2C#N)C(C)(C)N1. The molecule has 0 atom stereocenters. The summed E-state index contributed by atoms with van der Waals surface area (Å²) in [5, 5.41) is 14.3. The fourth-order valence-corrected chi connectivity index (χ4v) is 5.23. The van der Waals surface area contributed by atoms with Gasteiger partial charge >= 0.3 is 0 Å². The quantitative estimate of drug-likeness (QED) is 0.642. The highest BCUT2D eigenvalue weighted by Gasteiger charge is 2.40. The van der Waals surface area contributed by atoms with Crippen molar-refractivity contribution in [2.75, 3.05) is 13.1 Å². The first-order valence-electron chi connectivity index (χ1n) is 8.96. The first kappa shape index (κ1) is 17.4. The van der Waals surface area contributed by atoms with Crippen molar-refractivity contribution in [3.05, 3.63) is 16.0 Å². The molecular formula is C19H28N4S. The Morgan fingerprint density at radius 2 is 1.83 bits per heavy atom. The van der Waals surface area contributed by atoms with Gasteiger partial charge in [0, 0.05) is 29.0 Å². The van der Waals surface area contributed by atoms with E-state index in [2.05, 4.69) is 44.0 Å². The van der Waals surface area contributed by atoms with Crippen molar-refractivity contribution in [1.82, 2.24) is 10.2 Å². The molecule has 24 heavy (non-hydrogen) atoms. The molecule has 0 bridgehead atoms. The Bertz CT molecular complexity index is 670. The lowest BCUT2D eigenvalue weighted by molar-refractivity contribution is 0.247. The molecule has 0 spiro atoms. The molecule has 0 aromatic carbocycles. The van der Waals surface area contributed by atoms with Crippen molar-refractivity contribution in [2.24, 2.45) is 4.99 Å². The third-order valence-electron chi connectivity index (χ3n) is 4.92. The molecule has 3 heterocycles. The topological polar surface area (TPSA) is 51.4 Å². The van der Waals surface area contributed by atoms with Gasteiger partial charge in [-0.3, -0.25) is 0 Å². The van der Waals surface area contributed by atoms with E-state index >= 15 is 0 Å². The van der Waals surface area contributed by atoms with Gasteiger partial charge in [0.15, 0.2) is 0 Å². The smallest absolute Gasteiger partial charge is 0.136 e. The van der Waals surface area contributed by atoms with Gasteiger partial charge in [0.25, 0.3) is 0 Å². The number of thiophene rings is 1. The maximum absolute atomic E-state index is 9.73. The Kier molecular flexibility index (Phi) is 4.72. The van der Waals surface area contributed by atoms with Crippen LogP contribution in [0.1, 0.15) is 69.4 Å². The first-order chi connectivity index (χ1) is 11.3. The maximum atomic E-state index is 9.73. The standard InChI is InChI=1S/C19H28N4S/c1-18(2)11-14-15(12-20)17(24-16(14)19(3,4)22-18)21-13-23-9-7-5-6-8-10-23/h13,22H,5-11H2,1-4H3/b21-13+. The van der Waals surface area contributed by atoms with Crippen LogP contribution < -0.4 is 5.32 Å². The zero-order valence-electron chi connectivity index (χ0n) is 15.3. The highest BCUT2D eigenvalue weighted by Crippen LogP contribution is 2.45. The van der Waals surface area contributed by atoms with Gasteiger partial charge in [-0.25, -0.2) is 4.99 Å². The van der Waals surface area contributed by atoms with Crippen molar-refractivity contribution < 1.29 is 0 Å². The van der Waals surface area contributed by atoms with E-state index in [0.29, 0.717) is 0 Å². The first-order valence-corrected chi connectivity index (χ1v) is 9.78. The molecule has 0 unspecified atom stereocenters. The van der Waals surface area contributed by atoms with Crippen LogP contribution in [0.4, 0.5) is 5.00 Å². The van der Waals surface area contributed by atoms with Crippen LogP contribution in [0.5, 0.6) is 0 Å². The molecule has 2 aliphatic heterocycles. The van der Waals surface area contributed by atoms with E-state index in [1.807, 2.05) is 6.34 Å². The zero-order chi connectivity index (χ0) is 17.4. The number of aliphatic imine (C=N–C) groups is 1. The minimum absolute atomic E-state index is 0.00502. The summed E-state index contributed by atoms with van der Waals surface area (Å²) < 4.78 is 0. The van der Waals surface area contributed by atoms with Gasteiger partial charge in [-0.2, -0.15) is 5.26 Å². The van der Waals surface area contributed by atoms with Crippen LogP contribution in [0.15, 0.2) is 4.99 Å². The van der Waals surface area contributed by atoms with Gasteiger partial charge in [0.05, 0.1) is 11.9 Å². The van der Waals surface area contributed by atoms with Crippen LogP contribution in [-0.4, -0.2) is 29.9 Å². The molecule has 1 fully saturated rings. The van der Waals surface area contributed by atoms with Crippen molar-refractivity contribution in [2.45, 2.75) is 70.9 Å². The van der Waals surface area contributed by atoms with Gasteiger partial charge in [-0.1, -0.05) is 12.8 Å². The highest BCUT2D eigenvalue weighted by molar-refractivity contribution is 7.16. The number of rotatable bonds is 2. The zero-order valence-corrected chi connectivity index (χ0v) is 16.1. The molecule has 0 amide bonds. The number of fused-ring (bicyclic) bond motifs is 1. The number of nitrogens with zero attached hydrogens (tertiary/aromatic N) is 3. The summed E-state index contributed by atoms with van der Waals surface area (Å²) in [4.78, 5) is 8.30. The Morgan fingerprint density at radius 1 is 1.17 bits per heavy atom. The largest absolute Gasteiger partial charge is 0.363 e. The summed E-state index contributed by atoms with van der Waals surface area (Å²) in [5.74, 6) is 0. The van der Waals surface area contributed by atoms with Crippen LogP contribution in [0.25, 0.3) is 0 Å². The molecule has 1 saturated heterocycles. The molecule has 1 aromatic rings. The van der Waals surface area contributed by atoms with Crippen LogP contribution >= 0.6 is 11.3 Å². The lowest BCUT2D eigenvalue weighted by atomic mass is 9.81. The van der Waals surface area contributed by atoms with Crippen molar-refractivity contribution in [3.63, 3.8) is 0 Å². The number of likely N-dealkylation sites (tertiary alicyclic amines) is 1. The molecular weight excluding hydrogens is 316 g/mol. The van der Waals surface area contributed by atoms with Gasteiger partial charge in [-0.05, 0) is 52.5 Å². The molecule has 2 aliphatic rings. The summed E-state index contributed by atoms with van der Waals surface area (Å²) in [7, 11) is 0. The van der Waals surface area contributed by atoms with Crippen LogP contribution in [0.3, 0.4) is 0 Å². The Balaban J connectivity index is 1.93. The second-order valence-corrected chi connectivity index (χ2v) is 9.21. The molecule has 0 aliphatic carbocycles. The van der Waals surface area contributed by atoms with Crippen LogP contribution in [0.2, 0.25) is 0 Å². The summed E-state index contributed by atoms with van der Waals surface area (Å²) in [6.45, 7) is 11.0. The number of nitrogens with one attached hydrogen (secondary N) is 1. The number of hydrogen-bond acceptors (Lipinski definition) is 4. The predicted octanol–water partition coefficient (Wildman–Crippen LogP) is 4.31. The normalized spacial score (nSPS) is 22.9. The third kappa shape index (κ3) is 3.50. The van der Waals surface area contributed by atoms with E-state index in [-0.39, 0.29) is 11.1 Å². The minimum atomic E-state index is -0.121. The van der Waals surface area contributed by atoms with E-state index < -0.39 is 0 Å². The lowest BCUT2D eigenvalue weighted by Crippen LogP contribution is -2.54. The van der Waals surface area contributed by atoms with E-state index in [9.17, 15) is 5.26 Å². The van der Waals surface area contributed by atoms with E-state index in [0.717, 1.165) is 30.1 Å². The van der Waals surface area contributed by atoms with Crippen molar-refractivity contribution in [1.29, 1.82) is 5.26 Å². The van der Waals surface area contributed by atoms with Gasteiger partial charge in [-0.15, -0.1) is 11.3 Å². The Labute approximate surface area is 149 Å². The van der Waals surface area contributed by atoms with Gasteiger partial charge in [0.2, 0.25) is 0 Å². The van der Waals surface area contributed by atoms with Crippen LogP contribution in [0, 0.1) is 11.3 Å². The fraction of sp³-hybridized carbons (Fsp3) is 0.684. The summed E-state index contributed by atoms with van der Waals surface area (Å²) in [6, 6.07) is 2.43. The second-order valence-electron chi connectivity index (χ2n) is 8.21. The predicted molar refractivity (Wildman–Crippen MR) is 101 cm³/mol. The molecule has 5 heteroatoms. The molecule has 0 radical (unpaired) electrons. The molecule has 0 saturated carbocycles. The van der Waals surface area contributed by atoms with Crippen LogP contribution in [-0.2, 0) is 12.0 Å². The maximum Gasteiger partial charge on any atom is 0.136 e. The minimum Gasteiger partial charge on any atom is -0.363 e. The molecule has 1 N–H and O–H groups in total. The molecule has 1 aromatic heterocycles. The number of hydrogen-bond donors (Lipinski definition) is 1. The average molecular weight is 345 g/mol. The molecule has 3 rings (SSSR count). The van der Waals surface area contributed by atoms with E-state index in [4.69, 9.17) is 4.99 Å². The van der Waals surface area contributed by atoms with Crippen molar-refractivity contribution >= 4 is 22.7 Å². The Morgan fingerprint density at radius 3 is 2.46 bits per heavy atom. The summed E-state index contributed by atoms with van der Waals surface area (Å²) >= 11 is 1.68. The van der Waals surface area contributed by atoms with Gasteiger partial charge in [0.1, 0.15) is 11.1 Å². The second kappa shape index (κ2) is 6.50. The highest BCUT2D eigenvalue weighted by atomic mass is 32.1. The Hall–Kier alpha value is -1.38. The third-order valence-corrected chi connectivity index (χ3v) is 6.38. The monoisotopic (exact) mass is 344 g/mol.